The van der Waals surface area contributed by atoms with Crippen LogP contribution in [0.2, 0.25) is 0 Å². The first kappa shape index (κ1) is 23.0. The number of hydrogen-bond donors (Lipinski definition) is 2. The SMILES string of the molecule is CCN(CC)CCCC(C)NC(=NC)NCC1CCN(C2CC2)C1.I. The molecule has 0 spiro atoms. The molecule has 0 radical (unpaired) electrons. The highest BCUT2D eigenvalue weighted by atomic mass is 127. The van der Waals surface area contributed by atoms with Crippen molar-refractivity contribution in [2.45, 2.75) is 65.0 Å². The van der Waals surface area contributed by atoms with Gasteiger partial charge in [-0.15, -0.1) is 24.0 Å². The Labute approximate surface area is 172 Å². The normalized spacial score (nSPS) is 22.8. The number of guanidine groups is 1. The van der Waals surface area contributed by atoms with Crippen molar-refractivity contribution < 1.29 is 0 Å². The fourth-order valence-corrected chi connectivity index (χ4v) is 3.70. The van der Waals surface area contributed by atoms with E-state index < -0.39 is 0 Å². The summed E-state index contributed by atoms with van der Waals surface area (Å²) in [7, 11) is 1.88. The van der Waals surface area contributed by atoms with Crippen LogP contribution >= 0.6 is 24.0 Å². The summed E-state index contributed by atoms with van der Waals surface area (Å²) in [6.45, 7) is 13.9. The maximum atomic E-state index is 4.40. The Kier molecular flexibility index (Phi) is 11.3. The Hall–Kier alpha value is -0.0800. The van der Waals surface area contributed by atoms with Crippen LogP contribution in [-0.4, -0.2) is 74.2 Å². The molecule has 2 unspecified atom stereocenters. The third-order valence-electron chi connectivity index (χ3n) is 5.55. The molecule has 2 atom stereocenters. The van der Waals surface area contributed by atoms with Gasteiger partial charge in [0.1, 0.15) is 0 Å². The Morgan fingerprint density at radius 1 is 1.24 bits per heavy atom. The Bertz CT molecular complexity index is 382. The number of aliphatic imine (C=N–C) groups is 1. The standard InChI is InChI=1S/C19H39N5.HI/c1-5-23(6-2)12-7-8-16(3)22-19(20-4)21-14-17-11-13-24(15-17)18-9-10-18;/h16-18H,5-15H2,1-4H3,(H2,20,21,22);1H. The minimum absolute atomic E-state index is 0. The quantitative estimate of drug-likeness (QED) is 0.296. The van der Waals surface area contributed by atoms with Crippen molar-refractivity contribution in [3.63, 3.8) is 0 Å². The molecule has 1 aliphatic heterocycles. The van der Waals surface area contributed by atoms with Gasteiger partial charge in [-0.25, -0.2) is 0 Å². The molecular formula is C19H40IN5. The molecule has 1 heterocycles. The van der Waals surface area contributed by atoms with E-state index in [1.54, 1.807) is 0 Å². The van der Waals surface area contributed by atoms with Crippen molar-refractivity contribution in [1.29, 1.82) is 0 Å². The predicted molar refractivity (Wildman–Crippen MR) is 119 cm³/mol. The van der Waals surface area contributed by atoms with E-state index in [0.717, 1.165) is 37.6 Å². The molecule has 1 saturated carbocycles. The van der Waals surface area contributed by atoms with Gasteiger partial charge in [0, 0.05) is 32.2 Å². The first-order chi connectivity index (χ1) is 11.7. The van der Waals surface area contributed by atoms with E-state index in [1.807, 2.05) is 7.05 Å². The van der Waals surface area contributed by atoms with Crippen molar-refractivity contribution >= 4 is 29.9 Å². The van der Waals surface area contributed by atoms with Crippen molar-refractivity contribution in [2.24, 2.45) is 10.9 Å². The van der Waals surface area contributed by atoms with Crippen LogP contribution in [0.3, 0.4) is 0 Å². The van der Waals surface area contributed by atoms with E-state index in [1.165, 1.54) is 51.7 Å². The van der Waals surface area contributed by atoms with Crippen molar-refractivity contribution in [3.05, 3.63) is 0 Å². The largest absolute Gasteiger partial charge is 0.356 e. The lowest BCUT2D eigenvalue weighted by Gasteiger charge is -2.22. The van der Waals surface area contributed by atoms with E-state index in [-0.39, 0.29) is 24.0 Å². The van der Waals surface area contributed by atoms with Gasteiger partial charge in [0.15, 0.2) is 5.96 Å². The van der Waals surface area contributed by atoms with Crippen LogP contribution in [0.15, 0.2) is 4.99 Å². The average molecular weight is 465 g/mol. The van der Waals surface area contributed by atoms with Crippen molar-refractivity contribution in [3.8, 4) is 0 Å². The highest BCUT2D eigenvalue weighted by molar-refractivity contribution is 14.0. The number of halogens is 1. The molecule has 6 heteroatoms. The molecule has 5 nitrogen and oxygen atoms in total. The summed E-state index contributed by atoms with van der Waals surface area (Å²) in [5, 5.41) is 7.10. The van der Waals surface area contributed by atoms with Crippen molar-refractivity contribution in [1.82, 2.24) is 20.4 Å². The van der Waals surface area contributed by atoms with Crippen LogP contribution in [0.5, 0.6) is 0 Å². The summed E-state index contributed by atoms with van der Waals surface area (Å²) in [5.41, 5.74) is 0. The molecule has 1 saturated heterocycles. The third kappa shape index (κ3) is 8.43. The Morgan fingerprint density at radius 2 is 1.96 bits per heavy atom. The zero-order valence-electron chi connectivity index (χ0n) is 16.8. The molecule has 148 valence electrons. The highest BCUT2D eigenvalue weighted by Crippen LogP contribution is 2.31. The second-order valence-electron chi connectivity index (χ2n) is 7.55. The first-order valence-corrected chi connectivity index (χ1v) is 10.1. The van der Waals surface area contributed by atoms with Crippen LogP contribution in [0.1, 0.15) is 52.9 Å². The number of nitrogens with one attached hydrogen (secondary N) is 2. The fraction of sp³-hybridized carbons (Fsp3) is 0.947. The highest BCUT2D eigenvalue weighted by Gasteiger charge is 2.34. The monoisotopic (exact) mass is 465 g/mol. The molecule has 0 aromatic carbocycles. The zero-order valence-corrected chi connectivity index (χ0v) is 19.1. The molecule has 2 N–H and O–H groups in total. The van der Waals surface area contributed by atoms with Gasteiger partial charge in [-0.05, 0) is 71.1 Å². The van der Waals surface area contributed by atoms with Crippen LogP contribution in [0.25, 0.3) is 0 Å². The maximum Gasteiger partial charge on any atom is 0.191 e. The molecule has 2 rings (SSSR count). The summed E-state index contributed by atoms with van der Waals surface area (Å²) >= 11 is 0. The Balaban J connectivity index is 0.00000312. The summed E-state index contributed by atoms with van der Waals surface area (Å²) in [4.78, 5) is 9.57. The van der Waals surface area contributed by atoms with Crippen LogP contribution in [0, 0.1) is 5.92 Å². The molecule has 0 aromatic heterocycles. The van der Waals surface area contributed by atoms with Gasteiger partial charge in [0.25, 0.3) is 0 Å². The molecule has 2 aliphatic rings. The lowest BCUT2D eigenvalue weighted by atomic mass is 10.1. The molecule has 0 amide bonds. The van der Waals surface area contributed by atoms with Gasteiger partial charge in [-0.1, -0.05) is 13.8 Å². The first-order valence-electron chi connectivity index (χ1n) is 10.1. The molecule has 1 aliphatic carbocycles. The number of rotatable bonds is 10. The topological polar surface area (TPSA) is 42.9 Å². The minimum Gasteiger partial charge on any atom is -0.356 e. The van der Waals surface area contributed by atoms with E-state index >= 15 is 0 Å². The van der Waals surface area contributed by atoms with Gasteiger partial charge in [0.2, 0.25) is 0 Å². The van der Waals surface area contributed by atoms with E-state index in [0.29, 0.717) is 6.04 Å². The van der Waals surface area contributed by atoms with Gasteiger partial charge < -0.3 is 20.4 Å². The van der Waals surface area contributed by atoms with Crippen LogP contribution < -0.4 is 10.6 Å². The van der Waals surface area contributed by atoms with E-state index in [9.17, 15) is 0 Å². The molecule has 0 bridgehead atoms. The van der Waals surface area contributed by atoms with Gasteiger partial charge in [-0.3, -0.25) is 4.99 Å². The van der Waals surface area contributed by atoms with E-state index in [2.05, 4.69) is 46.2 Å². The minimum atomic E-state index is 0. The summed E-state index contributed by atoms with van der Waals surface area (Å²) in [6, 6.07) is 1.39. The second kappa shape index (κ2) is 12.3. The smallest absolute Gasteiger partial charge is 0.191 e. The van der Waals surface area contributed by atoms with E-state index in [4.69, 9.17) is 0 Å². The summed E-state index contributed by atoms with van der Waals surface area (Å²) < 4.78 is 0. The van der Waals surface area contributed by atoms with Gasteiger partial charge in [-0.2, -0.15) is 0 Å². The summed E-state index contributed by atoms with van der Waals surface area (Å²) in [5.74, 6) is 1.75. The maximum absolute atomic E-state index is 4.40. The molecular weight excluding hydrogens is 425 g/mol. The molecule has 25 heavy (non-hydrogen) atoms. The second-order valence-corrected chi connectivity index (χ2v) is 7.55. The average Bonchev–Trinajstić information content (AvgIpc) is 3.34. The van der Waals surface area contributed by atoms with Crippen LogP contribution in [0.4, 0.5) is 0 Å². The zero-order chi connectivity index (χ0) is 17.4. The van der Waals surface area contributed by atoms with Gasteiger partial charge >= 0.3 is 0 Å². The number of likely N-dealkylation sites (tertiary alicyclic amines) is 1. The number of nitrogens with zero attached hydrogens (tertiary/aromatic N) is 3. The molecule has 0 aromatic rings. The lowest BCUT2D eigenvalue weighted by Crippen LogP contribution is -2.44. The third-order valence-corrected chi connectivity index (χ3v) is 5.55. The molecule has 2 fully saturated rings. The lowest BCUT2D eigenvalue weighted by molar-refractivity contribution is 0.292. The summed E-state index contributed by atoms with van der Waals surface area (Å²) in [6.07, 6.45) is 6.62. The predicted octanol–water partition coefficient (Wildman–Crippen LogP) is 2.76. The fourth-order valence-electron chi connectivity index (χ4n) is 3.70. The van der Waals surface area contributed by atoms with Crippen LogP contribution in [-0.2, 0) is 0 Å². The number of hydrogen-bond acceptors (Lipinski definition) is 3. The van der Waals surface area contributed by atoms with Gasteiger partial charge in [0.05, 0.1) is 0 Å². The van der Waals surface area contributed by atoms with Crippen molar-refractivity contribution in [2.75, 3.05) is 46.3 Å². The Morgan fingerprint density at radius 3 is 2.56 bits per heavy atom.